The van der Waals surface area contributed by atoms with Gasteiger partial charge in [0, 0.05) is 0 Å². The zero-order chi connectivity index (χ0) is 18.1. The normalized spacial score (nSPS) is 15.6. The van der Waals surface area contributed by atoms with Gasteiger partial charge in [-0.2, -0.15) is 10.2 Å². The summed E-state index contributed by atoms with van der Waals surface area (Å²) >= 11 is 0. The Balaban J connectivity index is 2.13. The Morgan fingerprint density at radius 1 is 0.880 bits per heavy atom. The van der Waals surface area contributed by atoms with Crippen molar-refractivity contribution in [2.24, 2.45) is 10.2 Å². The third-order valence-electron chi connectivity index (χ3n) is 3.37. The molecule has 5 N–H and O–H groups in total. The van der Waals surface area contributed by atoms with Crippen molar-refractivity contribution in [1.29, 1.82) is 0 Å². The lowest BCUT2D eigenvalue weighted by atomic mass is 10.1. The average molecular weight is 342 g/mol. The SMILES string of the molecule is CC(O)C(O)C(O)C(/C=N/Nc1ccccc1)=N/Nc1ccccc1. The van der Waals surface area contributed by atoms with E-state index in [0.29, 0.717) is 5.69 Å². The zero-order valence-corrected chi connectivity index (χ0v) is 13.8. The molecular weight excluding hydrogens is 320 g/mol. The van der Waals surface area contributed by atoms with E-state index in [-0.39, 0.29) is 5.71 Å². The smallest absolute Gasteiger partial charge is 0.128 e. The van der Waals surface area contributed by atoms with E-state index in [4.69, 9.17) is 0 Å². The first-order valence-electron chi connectivity index (χ1n) is 7.85. The molecule has 0 bridgehead atoms. The van der Waals surface area contributed by atoms with E-state index in [0.717, 1.165) is 5.69 Å². The minimum atomic E-state index is -1.41. The standard InChI is InChI=1S/C18H22N4O3/c1-13(23)17(24)18(25)16(22-21-15-10-6-3-7-11-15)12-19-20-14-8-4-2-5-9-14/h2-13,17-18,20-21,23-25H,1H3/b19-12+,22-16+. The second-order valence-corrected chi connectivity index (χ2v) is 5.43. The van der Waals surface area contributed by atoms with Gasteiger partial charge in [-0.1, -0.05) is 36.4 Å². The maximum absolute atomic E-state index is 10.2. The van der Waals surface area contributed by atoms with Crippen LogP contribution in [0.4, 0.5) is 11.4 Å². The second kappa shape index (κ2) is 9.53. The van der Waals surface area contributed by atoms with E-state index >= 15 is 0 Å². The fraction of sp³-hybridized carbons (Fsp3) is 0.222. The summed E-state index contributed by atoms with van der Waals surface area (Å²) in [7, 11) is 0. The summed E-state index contributed by atoms with van der Waals surface area (Å²) in [6.07, 6.45) is -2.62. The highest BCUT2D eigenvalue weighted by molar-refractivity contribution is 6.33. The van der Waals surface area contributed by atoms with Crippen LogP contribution in [0.5, 0.6) is 0 Å². The van der Waals surface area contributed by atoms with E-state index in [1.807, 2.05) is 48.5 Å². The van der Waals surface area contributed by atoms with Crippen LogP contribution >= 0.6 is 0 Å². The zero-order valence-electron chi connectivity index (χ0n) is 13.8. The number of hydrogen-bond donors (Lipinski definition) is 5. The molecule has 3 atom stereocenters. The van der Waals surface area contributed by atoms with Gasteiger partial charge in [-0.15, -0.1) is 0 Å². The maximum Gasteiger partial charge on any atom is 0.128 e. The Labute approximate surface area is 146 Å². The van der Waals surface area contributed by atoms with Crippen LogP contribution in [0.25, 0.3) is 0 Å². The molecule has 0 amide bonds. The minimum absolute atomic E-state index is 0.0701. The molecule has 7 nitrogen and oxygen atoms in total. The van der Waals surface area contributed by atoms with Gasteiger partial charge in [0.15, 0.2) is 0 Å². The van der Waals surface area contributed by atoms with Gasteiger partial charge in [0.2, 0.25) is 0 Å². The first kappa shape index (κ1) is 18.6. The lowest BCUT2D eigenvalue weighted by molar-refractivity contribution is -0.0249. The molecule has 0 aliphatic carbocycles. The van der Waals surface area contributed by atoms with Crippen LogP contribution in [-0.4, -0.2) is 45.6 Å². The van der Waals surface area contributed by atoms with E-state index in [1.165, 1.54) is 13.1 Å². The molecule has 0 aliphatic rings. The molecule has 0 heterocycles. The van der Waals surface area contributed by atoms with E-state index in [1.54, 1.807) is 12.1 Å². The topological polar surface area (TPSA) is 109 Å². The molecule has 132 valence electrons. The van der Waals surface area contributed by atoms with E-state index in [2.05, 4.69) is 21.1 Å². The van der Waals surface area contributed by atoms with Gasteiger partial charge in [-0.25, -0.2) is 0 Å². The number of anilines is 2. The predicted molar refractivity (Wildman–Crippen MR) is 99.8 cm³/mol. The summed E-state index contributed by atoms with van der Waals surface area (Å²) in [5, 5.41) is 37.7. The van der Waals surface area contributed by atoms with Crippen LogP contribution in [0.15, 0.2) is 70.9 Å². The molecule has 0 saturated carbocycles. The summed E-state index contributed by atoms with van der Waals surface area (Å²) < 4.78 is 0. The summed E-state index contributed by atoms with van der Waals surface area (Å²) in [6.45, 7) is 1.38. The van der Waals surface area contributed by atoms with E-state index in [9.17, 15) is 15.3 Å². The molecule has 0 fully saturated rings. The highest BCUT2D eigenvalue weighted by Gasteiger charge is 2.25. The third-order valence-corrected chi connectivity index (χ3v) is 3.37. The van der Waals surface area contributed by atoms with Crippen molar-refractivity contribution in [2.45, 2.75) is 25.2 Å². The summed E-state index contributed by atoms with van der Waals surface area (Å²) in [5.74, 6) is 0. The maximum atomic E-state index is 10.2. The van der Waals surface area contributed by atoms with Crippen molar-refractivity contribution >= 4 is 23.3 Å². The summed E-state index contributed by atoms with van der Waals surface area (Å²) in [6, 6.07) is 18.4. The van der Waals surface area contributed by atoms with Gasteiger partial charge >= 0.3 is 0 Å². The number of nitrogens with one attached hydrogen (secondary N) is 2. The number of nitrogens with zero attached hydrogens (tertiary/aromatic N) is 2. The van der Waals surface area contributed by atoms with Crippen LogP contribution in [0.3, 0.4) is 0 Å². The molecule has 2 aromatic rings. The van der Waals surface area contributed by atoms with Crippen LogP contribution in [0, 0.1) is 0 Å². The molecular formula is C18H22N4O3. The van der Waals surface area contributed by atoms with Crippen molar-refractivity contribution in [3.63, 3.8) is 0 Å². The van der Waals surface area contributed by atoms with Crippen LogP contribution in [0.2, 0.25) is 0 Å². The van der Waals surface area contributed by atoms with Gasteiger partial charge in [0.1, 0.15) is 17.9 Å². The predicted octanol–water partition coefficient (Wildman–Crippen LogP) is 1.65. The fourth-order valence-electron chi connectivity index (χ4n) is 1.94. The molecule has 0 aliphatic heterocycles. The number of hydrazone groups is 2. The monoisotopic (exact) mass is 342 g/mol. The van der Waals surface area contributed by atoms with Crippen LogP contribution in [-0.2, 0) is 0 Å². The average Bonchev–Trinajstić information content (AvgIpc) is 2.65. The molecule has 2 aromatic carbocycles. The quantitative estimate of drug-likeness (QED) is 0.370. The Bertz CT molecular complexity index is 690. The van der Waals surface area contributed by atoms with Crippen molar-refractivity contribution in [1.82, 2.24) is 0 Å². The number of para-hydroxylation sites is 2. The number of benzene rings is 2. The highest BCUT2D eigenvalue weighted by Crippen LogP contribution is 2.08. The lowest BCUT2D eigenvalue weighted by Crippen LogP contribution is -2.42. The van der Waals surface area contributed by atoms with Gasteiger partial charge in [0.05, 0.1) is 23.7 Å². The second-order valence-electron chi connectivity index (χ2n) is 5.43. The molecule has 0 radical (unpaired) electrons. The Morgan fingerprint density at radius 2 is 1.40 bits per heavy atom. The third kappa shape index (κ3) is 6.00. The Hall–Kier alpha value is -2.74. The van der Waals surface area contributed by atoms with Gasteiger partial charge in [-0.05, 0) is 31.2 Å². The largest absolute Gasteiger partial charge is 0.391 e. The fourth-order valence-corrected chi connectivity index (χ4v) is 1.94. The number of rotatable bonds is 8. The molecule has 0 saturated heterocycles. The molecule has 2 rings (SSSR count). The first-order valence-corrected chi connectivity index (χ1v) is 7.85. The van der Waals surface area contributed by atoms with Crippen LogP contribution in [0.1, 0.15) is 6.92 Å². The molecule has 7 heteroatoms. The minimum Gasteiger partial charge on any atom is -0.391 e. The highest BCUT2D eigenvalue weighted by atomic mass is 16.4. The molecule has 3 unspecified atom stereocenters. The summed E-state index contributed by atoms with van der Waals surface area (Å²) in [4.78, 5) is 0. The van der Waals surface area contributed by atoms with Gasteiger partial charge < -0.3 is 15.3 Å². The van der Waals surface area contributed by atoms with Gasteiger partial charge in [-0.3, -0.25) is 10.9 Å². The molecule has 0 aromatic heterocycles. The lowest BCUT2D eigenvalue weighted by Gasteiger charge is -2.20. The Kier molecular flexibility index (Phi) is 7.09. The molecule has 25 heavy (non-hydrogen) atoms. The first-order chi connectivity index (χ1) is 12.1. The number of hydrogen-bond acceptors (Lipinski definition) is 7. The Morgan fingerprint density at radius 3 is 1.92 bits per heavy atom. The van der Waals surface area contributed by atoms with Crippen molar-refractivity contribution < 1.29 is 15.3 Å². The van der Waals surface area contributed by atoms with Crippen molar-refractivity contribution in [3.8, 4) is 0 Å². The molecule has 0 spiro atoms. The van der Waals surface area contributed by atoms with Crippen LogP contribution < -0.4 is 10.9 Å². The number of aliphatic hydroxyl groups excluding tert-OH is 3. The number of aliphatic hydroxyl groups is 3. The van der Waals surface area contributed by atoms with E-state index < -0.39 is 18.3 Å². The van der Waals surface area contributed by atoms with Crippen molar-refractivity contribution in [2.75, 3.05) is 10.9 Å². The van der Waals surface area contributed by atoms with Gasteiger partial charge in [0.25, 0.3) is 0 Å². The summed E-state index contributed by atoms with van der Waals surface area (Å²) in [5.41, 5.74) is 7.13. The van der Waals surface area contributed by atoms with Crippen molar-refractivity contribution in [3.05, 3.63) is 60.7 Å².